The van der Waals surface area contributed by atoms with Crippen molar-refractivity contribution < 1.29 is 24.2 Å². The van der Waals surface area contributed by atoms with Crippen LogP contribution in [0.3, 0.4) is 0 Å². The molecule has 4 rings (SSSR count). The minimum atomic E-state index is -0.521. The highest BCUT2D eigenvalue weighted by Crippen LogP contribution is 2.39. The predicted molar refractivity (Wildman–Crippen MR) is 153 cm³/mol. The van der Waals surface area contributed by atoms with Gasteiger partial charge in [-0.25, -0.2) is 5.43 Å². The molecule has 39 heavy (non-hydrogen) atoms. The van der Waals surface area contributed by atoms with Crippen LogP contribution in [0.15, 0.2) is 71.1 Å². The Morgan fingerprint density at radius 1 is 0.974 bits per heavy atom. The summed E-state index contributed by atoms with van der Waals surface area (Å²) < 4.78 is 5.18. The van der Waals surface area contributed by atoms with E-state index in [-0.39, 0.29) is 17.7 Å². The molecule has 0 saturated heterocycles. The topological polar surface area (TPSA) is 143 Å². The number of primary amides is 1. The number of aromatic hydroxyl groups is 1. The fraction of sp³-hybridized carbons (Fsp3) is 0.143. The SMILES string of the molecule is COc1ccc(-c2scc(C(C)=NNC(=O)c3ccc(C(=O)NC(C)c4ccc(C(N)=O)cc4)s3)c2O)cc1. The Hall–Kier alpha value is -4.48. The summed E-state index contributed by atoms with van der Waals surface area (Å²) in [4.78, 5) is 38.0. The van der Waals surface area contributed by atoms with Crippen molar-refractivity contribution in [2.75, 3.05) is 7.11 Å². The van der Waals surface area contributed by atoms with Gasteiger partial charge in [-0.1, -0.05) is 12.1 Å². The molecule has 0 aliphatic heterocycles. The standard InChI is InChI=1S/C28H26N4O5S2/c1-15(17-4-6-19(7-5-17)26(29)34)30-27(35)22-12-13-23(39-22)28(36)32-31-16(2)21-14-38-25(24(21)33)18-8-10-20(37-3)11-9-18/h4-15,33H,1-3H3,(H2,29,34)(H,30,35)(H,32,36). The lowest BCUT2D eigenvalue weighted by molar-refractivity contribution is 0.0940. The number of methoxy groups -OCH3 is 1. The fourth-order valence-corrected chi connectivity index (χ4v) is 5.49. The van der Waals surface area contributed by atoms with Crippen molar-refractivity contribution in [2.24, 2.45) is 10.8 Å². The maximum absolute atomic E-state index is 12.7. The van der Waals surface area contributed by atoms with Gasteiger partial charge in [-0.3, -0.25) is 14.4 Å². The Balaban J connectivity index is 1.38. The van der Waals surface area contributed by atoms with E-state index in [9.17, 15) is 19.5 Å². The number of hydrazone groups is 1. The molecule has 0 aliphatic carbocycles. The number of benzene rings is 2. The molecule has 1 atom stereocenters. The number of nitrogens with one attached hydrogen (secondary N) is 2. The summed E-state index contributed by atoms with van der Waals surface area (Å²) in [5.41, 5.74) is 10.7. The largest absolute Gasteiger partial charge is 0.506 e. The van der Waals surface area contributed by atoms with Crippen LogP contribution in [0.1, 0.15) is 60.7 Å². The second-order valence-electron chi connectivity index (χ2n) is 8.54. The van der Waals surface area contributed by atoms with E-state index < -0.39 is 11.8 Å². The molecule has 200 valence electrons. The Morgan fingerprint density at radius 2 is 1.62 bits per heavy atom. The molecule has 4 aromatic rings. The molecular weight excluding hydrogens is 536 g/mol. The predicted octanol–water partition coefficient (Wildman–Crippen LogP) is 4.93. The summed E-state index contributed by atoms with van der Waals surface area (Å²) in [5.74, 6) is -0.532. The highest BCUT2D eigenvalue weighted by Gasteiger charge is 2.18. The van der Waals surface area contributed by atoms with Gasteiger partial charge in [0.25, 0.3) is 11.8 Å². The third kappa shape index (κ3) is 6.33. The number of thiophene rings is 2. The minimum absolute atomic E-state index is 0.0779. The molecule has 0 fully saturated rings. The molecule has 0 saturated carbocycles. The lowest BCUT2D eigenvalue weighted by Crippen LogP contribution is -2.26. The maximum atomic E-state index is 12.7. The van der Waals surface area contributed by atoms with E-state index in [0.717, 1.165) is 28.2 Å². The van der Waals surface area contributed by atoms with Crippen molar-refractivity contribution in [3.63, 3.8) is 0 Å². The fourth-order valence-electron chi connectivity index (χ4n) is 3.67. The average Bonchev–Trinajstić information content (AvgIpc) is 3.59. The molecule has 11 heteroatoms. The van der Waals surface area contributed by atoms with Gasteiger partial charge in [0.15, 0.2) is 0 Å². The van der Waals surface area contributed by atoms with Gasteiger partial charge < -0.3 is 20.9 Å². The highest BCUT2D eigenvalue weighted by atomic mass is 32.1. The van der Waals surface area contributed by atoms with Gasteiger partial charge in [-0.05, 0) is 73.5 Å². The zero-order valence-corrected chi connectivity index (χ0v) is 23.0. The molecule has 1 unspecified atom stereocenters. The number of hydrogen-bond donors (Lipinski definition) is 4. The Morgan fingerprint density at radius 3 is 2.23 bits per heavy atom. The van der Waals surface area contributed by atoms with Crippen LogP contribution in [0, 0.1) is 0 Å². The maximum Gasteiger partial charge on any atom is 0.281 e. The first-order valence-corrected chi connectivity index (χ1v) is 13.5. The van der Waals surface area contributed by atoms with E-state index in [2.05, 4.69) is 15.8 Å². The highest BCUT2D eigenvalue weighted by molar-refractivity contribution is 7.16. The van der Waals surface area contributed by atoms with Crippen LogP contribution in [0.25, 0.3) is 10.4 Å². The normalized spacial score (nSPS) is 12.0. The molecule has 2 aromatic heterocycles. The van der Waals surface area contributed by atoms with Crippen LogP contribution in [0.2, 0.25) is 0 Å². The van der Waals surface area contributed by atoms with Crippen LogP contribution in [0.5, 0.6) is 11.5 Å². The number of rotatable bonds is 9. The Kier molecular flexibility index (Phi) is 8.43. The van der Waals surface area contributed by atoms with Crippen molar-refractivity contribution >= 4 is 46.1 Å². The van der Waals surface area contributed by atoms with Crippen molar-refractivity contribution in [1.82, 2.24) is 10.7 Å². The van der Waals surface area contributed by atoms with Gasteiger partial charge in [0.05, 0.1) is 39.1 Å². The number of ether oxygens (including phenoxy) is 1. The summed E-state index contributed by atoms with van der Waals surface area (Å²) in [7, 11) is 1.59. The summed E-state index contributed by atoms with van der Waals surface area (Å²) in [5, 5.41) is 19.5. The molecule has 0 bridgehead atoms. The number of amides is 3. The van der Waals surface area contributed by atoms with Gasteiger partial charge in [-0.2, -0.15) is 5.10 Å². The zero-order valence-electron chi connectivity index (χ0n) is 21.3. The van der Waals surface area contributed by atoms with Crippen molar-refractivity contribution in [3.8, 4) is 21.9 Å². The van der Waals surface area contributed by atoms with Crippen LogP contribution in [0.4, 0.5) is 0 Å². The summed E-state index contributed by atoms with van der Waals surface area (Å²) in [6.07, 6.45) is 0. The molecule has 3 amide bonds. The van der Waals surface area contributed by atoms with Gasteiger partial charge in [0.2, 0.25) is 5.91 Å². The first kappa shape index (κ1) is 27.6. The smallest absolute Gasteiger partial charge is 0.281 e. The van der Waals surface area contributed by atoms with Gasteiger partial charge in [-0.15, -0.1) is 22.7 Å². The average molecular weight is 563 g/mol. The molecular formula is C28H26N4O5S2. The number of carbonyl (C=O) groups excluding carboxylic acids is 3. The molecule has 0 aliphatic rings. The lowest BCUT2D eigenvalue weighted by atomic mass is 10.1. The van der Waals surface area contributed by atoms with Gasteiger partial charge in [0.1, 0.15) is 11.5 Å². The number of hydrogen-bond acceptors (Lipinski definition) is 8. The molecule has 0 spiro atoms. The van der Waals surface area contributed by atoms with Gasteiger partial charge >= 0.3 is 0 Å². The second kappa shape index (κ2) is 11.9. The van der Waals surface area contributed by atoms with Crippen LogP contribution in [-0.4, -0.2) is 35.6 Å². The van der Waals surface area contributed by atoms with Crippen LogP contribution >= 0.6 is 22.7 Å². The molecule has 2 aromatic carbocycles. The molecule has 9 nitrogen and oxygen atoms in total. The number of nitrogens with two attached hydrogens (primary N) is 1. The van der Waals surface area contributed by atoms with E-state index in [1.807, 2.05) is 31.2 Å². The lowest BCUT2D eigenvalue weighted by Gasteiger charge is -2.14. The van der Waals surface area contributed by atoms with E-state index >= 15 is 0 Å². The Labute approximate surface area is 233 Å². The molecule has 2 heterocycles. The molecule has 5 N–H and O–H groups in total. The third-order valence-electron chi connectivity index (χ3n) is 5.93. The van der Waals surface area contributed by atoms with E-state index in [1.165, 1.54) is 11.3 Å². The summed E-state index contributed by atoms with van der Waals surface area (Å²) in [6.45, 7) is 3.50. The second-order valence-corrected chi connectivity index (χ2v) is 10.5. The first-order chi connectivity index (χ1) is 18.7. The van der Waals surface area contributed by atoms with Gasteiger partial charge in [0, 0.05) is 10.9 Å². The summed E-state index contributed by atoms with van der Waals surface area (Å²) >= 11 is 2.40. The zero-order chi connectivity index (χ0) is 28.1. The summed E-state index contributed by atoms with van der Waals surface area (Å²) in [6, 6.07) is 16.8. The van der Waals surface area contributed by atoms with Crippen LogP contribution < -0.4 is 21.2 Å². The third-order valence-corrected chi connectivity index (χ3v) is 8.03. The molecule has 0 radical (unpaired) electrons. The van der Waals surface area contributed by atoms with Crippen LogP contribution in [-0.2, 0) is 0 Å². The number of carbonyl (C=O) groups is 3. The van der Waals surface area contributed by atoms with Crippen molar-refractivity contribution in [2.45, 2.75) is 19.9 Å². The van der Waals surface area contributed by atoms with Crippen molar-refractivity contribution in [3.05, 3.63) is 92.5 Å². The first-order valence-electron chi connectivity index (χ1n) is 11.8. The number of nitrogens with zero attached hydrogens (tertiary/aromatic N) is 1. The quantitative estimate of drug-likeness (QED) is 0.169. The van der Waals surface area contributed by atoms with E-state index in [4.69, 9.17) is 10.5 Å². The minimum Gasteiger partial charge on any atom is -0.506 e. The Bertz CT molecular complexity index is 1540. The van der Waals surface area contributed by atoms with E-state index in [0.29, 0.717) is 31.5 Å². The van der Waals surface area contributed by atoms with Crippen molar-refractivity contribution in [1.29, 1.82) is 0 Å². The van der Waals surface area contributed by atoms with E-state index in [1.54, 1.807) is 55.8 Å². The monoisotopic (exact) mass is 562 g/mol.